The summed E-state index contributed by atoms with van der Waals surface area (Å²) in [5.74, 6) is -1.19. The third-order valence-electron chi connectivity index (χ3n) is 5.29. The van der Waals surface area contributed by atoms with Crippen LogP contribution in [0.1, 0.15) is 46.6 Å². The number of esters is 1. The maximum Gasteiger partial charge on any atom is 0.341 e. The van der Waals surface area contributed by atoms with Gasteiger partial charge in [-0.2, -0.15) is 0 Å². The van der Waals surface area contributed by atoms with E-state index in [0.29, 0.717) is 17.0 Å². The molecular formula is C22H28N2O5S2. The molecule has 1 aromatic heterocycles. The number of rotatable bonds is 8. The number of ether oxygens (including phenoxy) is 1. The Morgan fingerprint density at radius 2 is 1.90 bits per heavy atom. The van der Waals surface area contributed by atoms with Gasteiger partial charge in [-0.1, -0.05) is 24.6 Å². The van der Waals surface area contributed by atoms with Crippen molar-refractivity contribution in [2.24, 2.45) is 0 Å². The summed E-state index contributed by atoms with van der Waals surface area (Å²) in [5.41, 5.74) is 2.30. The van der Waals surface area contributed by atoms with E-state index in [-0.39, 0.29) is 23.7 Å². The first-order chi connectivity index (χ1) is 14.7. The third kappa shape index (κ3) is 5.53. The Hall–Kier alpha value is -2.23. The standard InChI is InChI=1S/C22H28N2O5S2/c1-4-24-12-10-17-18(14-24)30-21(20(17)22(26)29-5-2)23-19(25)11-13-31(27,28)16-8-6-15(3)7-9-16/h6-9H,4-5,10-14H2,1-3H3,(H,23,25). The van der Waals surface area contributed by atoms with Crippen LogP contribution in [0.25, 0.3) is 0 Å². The van der Waals surface area contributed by atoms with Crippen molar-refractivity contribution < 1.29 is 22.7 Å². The van der Waals surface area contributed by atoms with Crippen LogP contribution in [0.2, 0.25) is 0 Å². The van der Waals surface area contributed by atoms with Crippen LogP contribution in [-0.2, 0) is 32.3 Å². The minimum absolute atomic E-state index is 0.192. The number of thiophene rings is 1. The summed E-state index contributed by atoms with van der Waals surface area (Å²) >= 11 is 1.37. The number of hydrogen-bond acceptors (Lipinski definition) is 7. The normalized spacial score (nSPS) is 14.2. The predicted octanol–water partition coefficient (Wildman–Crippen LogP) is 3.41. The van der Waals surface area contributed by atoms with Gasteiger partial charge in [-0.3, -0.25) is 9.69 Å². The number of nitrogens with zero attached hydrogens (tertiary/aromatic N) is 1. The number of fused-ring (bicyclic) bond motifs is 1. The zero-order valence-corrected chi connectivity index (χ0v) is 19.7. The Morgan fingerprint density at radius 1 is 1.19 bits per heavy atom. The number of benzene rings is 1. The number of hydrogen-bond donors (Lipinski definition) is 1. The molecule has 0 saturated carbocycles. The minimum Gasteiger partial charge on any atom is -0.462 e. The average molecular weight is 465 g/mol. The van der Waals surface area contributed by atoms with E-state index in [4.69, 9.17) is 4.74 Å². The molecule has 0 saturated heterocycles. The number of nitrogens with one attached hydrogen (secondary N) is 1. The predicted molar refractivity (Wildman–Crippen MR) is 121 cm³/mol. The molecule has 2 aromatic rings. The Balaban J connectivity index is 1.75. The van der Waals surface area contributed by atoms with Gasteiger partial charge < -0.3 is 10.1 Å². The van der Waals surface area contributed by atoms with E-state index in [1.165, 1.54) is 11.3 Å². The molecule has 1 aromatic carbocycles. The molecule has 0 unspecified atom stereocenters. The van der Waals surface area contributed by atoms with E-state index in [1.807, 2.05) is 6.92 Å². The van der Waals surface area contributed by atoms with E-state index >= 15 is 0 Å². The molecular weight excluding hydrogens is 436 g/mol. The fraction of sp³-hybridized carbons (Fsp3) is 0.455. The van der Waals surface area contributed by atoms with Crippen LogP contribution >= 0.6 is 11.3 Å². The molecule has 9 heteroatoms. The van der Waals surface area contributed by atoms with Crippen molar-refractivity contribution in [3.8, 4) is 0 Å². The summed E-state index contributed by atoms with van der Waals surface area (Å²) in [6.45, 7) is 8.42. The van der Waals surface area contributed by atoms with Gasteiger partial charge in [-0.05, 0) is 44.5 Å². The third-order valence-corrected chi connectivity index (χ3v) is 8.16. The van der Waals surface area contributed by atoms with Crippen molar-refractivity contribution in [3.63, 3.8) is 0 Å². The van der Waals surface area contributed by atoms with Gasteiger partial charge in [0.15, 0.2) is 9.84 Å². The van der Waals surface area contributed by atoms with Gasteiger partial charge in [0.25, 0.3) is 0 Å². The molecule has 0 radical (unpaired) electrons. The second kappa shape index (κ2) is 9.93. The number of amides is 1. The molecule has 2 heterocycles. The van der Waals surface area contributed by atoms with Crippen molar-refractivity contribution in [1.29, 1.82) is 0 Å². The van der Waals surface area contributed by atoms with Gasteiger partial charge in [0.1, 0.15) is 5.00 Å². The second-order valence-corrected chi connectivity index (χ2v) is 10.7. The van der Waals surface area contributed by atoms with Gasteiger partial charge in [-0.15, -0.1) is 11.3 Å². The highest BCUT2D eigenvalue weighted by Crippen LogP contribution is 2.37. The Kier molecular flexibility index (Phi) is 7.51. The molecule has 1 amide bonds. The molecule has 0 bridgehead atoms. The molecule has 0 atom stereocenters. The fourth-order valence-corrected chi connectivity index (χ4v) is 6.05. The van der Waals surface area contributed by atoms with Crippen molar-refractivity contribution in [2.75, 3.05) is 30.8 Å². The molecule has 1 aliphatic heterocycles. The molecule has 7 nitrogen and oxygen atoms in total. The van der Waals surface area contributed by atoms with E-state index in [1.54, 1.807) is 31.2 Å². The van der Waals surface area contributed by atoms with Crippen LogP contribution in [0.5, 0.6) is 0 Å². The highest BCUT2D eigenvalue weighted by molar-refractivity contribution is 7.91. The van der Waals surface area contributed by atoms with Gasteiger partial charge in [-0.25, -0.2) is 13.2 Å². The fourth-order valence-electron chi connectivity index (χ4n) is 3.51. The maximum absolute atomic E-state index is 12.6. The SMILES string of the molecule is CCOC(=O)c1c(NC(=O)CCS(=O)(=O)c2ccc(C)cc2)sc2c1CCN(CC)C2. The van der Waals surface area contributed by atoms with E-state index in [9.17, 15) is 18.0 Å². The van der Waals surface area contributed by atoms with Gasteiger partial charge in [0.2, 0.25) is 5.91 Å². The van der Waals surface area contributed by atoms with Crippen molar-refractivity contribution in [1.82, 2.24) is 4.90 Å². The Bertz CT molecular complexity index is 1060. The molecule has 1 N–H and O–H groups in total. The minimum atomic E-state index is -3.57. The Labute approximate surface area is 187 Å². The first-order valence-electron chi connectivity index (χ1n) is 10.4. The van der Waals surface area contributed by atoms with Crippen LogP contribution in [-0.4, -0.2) is 50.6 Å². The van der Waals surface area contributed by atoms with E-state index in [0.717, 1.165) is 35.6 Å². The first-order valence-corrected chi connectivity index (χ1v) is 12.8. The quantitative estimate of drug-likeness (QED) is 0.602. The van der Waals surface area contributed by atoms with Crippen molar-refractivity contribution in [2.45, 2.75) is 45.1 Å². The molecule has 1 aliphatic rings. The van der Waals surface area contributed by atoms with Crippen LogP contribution in [0.15, 0.2) is 29.2 Å². The largest absolute Gasteiger partial charge is 0.462 e. The number of likely N-dealkylation sites (N-methyl/N-ethyl adjacent to an activating group) is 1. The zero-order chi connectivity index (χ0) is 22.6. The average Bonchev–Trinajstić information content (AvgIpc) is 3.09. The lowest BCUT2D eigenvalue weighted by Gasteiger charge is -2.25. The maximum atomic E-state index is 12.6. The van der Waals surface area contributed by atoms with E-state index < -0.39 is 21.7 Å². The molecule has 31 heavy (non-hydrogen) atoms. The highest BCUT2D eigenvalue weighted by Gasteiger charge is 2.29. The molecule has 0 spiro atoms. The lowest BCUT2D eigenvalue weighted by molar-refractivity contribution is -0.115. The van der Waals surface area contributed by atoms with Crippen LogP contribution in [0, 0.1) is 6.92 Å². The molecule has 168 valence electrons. The summed E-state index contributed by atoms with van der Waals surface area (Å²) in [7, 11) is -3.57. The van der Waals surface area contributed by atoms with E-state index in [2.05, 4.69) is 17.1 Å². The van der Waals surface area contributed by atoms with Gasteiger partial charge in [0, 0.05) is 24.4 Å². The lowest BCUT2D eigenvalue weighted by atomic mass is 10.0. The lowest BCUT2D eigenvalue weighted by Crippen LogP contribution is -2.30. The Morgan fingerprint density at radius 3 is 2.55 bits per heavy atom. The number of aryl methyl sites for hydroxylation is 1. The van der Waals surface area contributed by atoms with Crippen LogP contribution < -0.4 is 5.32 Å². The topological polar surface area (TPSA) is 92.8 Å². The number of anilines is 1. The molecule has 0 fully saturated rings. The molecule has 0 aliphatic carbocycles. The number of carbonyl (C=O) groups is 2. The van der Waals surface area contributed by atoms with Crippen LogP contribution in [0.3, 0.4) is 0 Å². The van der Waals surface area contributed by atoms with Crippen molar-refractivity contribution >= 4 is 38.1 Å². The second-order valence-electron chi connectivity index (χ2n) is 7.48. The summed E-state index contributed by atoms with van der Waals surface area (Å²) < 4.78 is 30.3. The van der Waals surface area contributed by atoms with Crippen LogP contribution in [0.4, 0.5) is 5.00 Å². The number of carbonyl (C=O) groups excluding carboxylic acids is 2. The first kappa shape index (κ1) is 23.4. The highest BCUT2D eigenvalue weighted by atomic mass is 32.2. The summed E-state index contributed by atoms with van der Waals surface area (Å²) in [6, 6.07) is 6.56. The van der Waals surface area contributed by atoms with Gasteiger partial charge >= 0.3 is 5.97 Å². The number of sulfone groups is 1. The zero-order valence-electron chi connectivity index (χ0n) is 18.1. The monoisotopic (exact) mass is 464 g/mol. The van der Waals surface area contributed by atoms with Crippen molar-refractivity contribution in [3.05, 3.63) is 45.8 Å². The molecule has 3 rings (SSSR count). The summed E-state index contributed by atoms with van der Waals surface area (Å²) in [6.07, 6.45) is 0.521. The summed E-state index contributed by atoms with van der Waals surface area (Å²) in [5, 5.41) is 3.21. The van der Waals surface area contributed by atoms with Gasteiger partial charge in [0.05, 0.1) is 22.8 Å². The summed E-state index contributed by atoms with van der Waals surface area (Å²) in [4.78, 5) is 28.7. The smallest absolute Gasteiger partial charge is 0.341 e.